The van der Waals surface area contributed by atoms with Crippen LogP contribution in [0.5, 0.6) is 0 Å². The van der Waals surface area contributed by atoms with Gasteiger partial charge in [-0.2, -0.15) is 5.10 Å². The molecule has 0 spiro atoms. The van der Waals surface area contributed by atoms with Gasteiger partial charge in [0.25, 0.3) is 0 Å². The SMILES string of the molecule is C=C/C(CC(N)C(=O)S)=N\NN. The number of nitrogens with zero attached hydrogens (tertiary/aromatic N) is 1. The number of hydrogen-bond donors (Lipinski definition) is 4. The van der Waals surface area contributed by atoms with Gasteiger partial charge in [0.15, 0.2) is 0 Å². The van der Waals surface area contributed by atoms with Crippen molar-refractivity contribution in [3.63, 3.8) is 0 Å². The van der Waals surface area contributed by atoms with Crippen LogP contribution in [0.15, 0.2) is 17.8 Å². The highest BCUT2D eigenvalue weighted by Gasteiger charge is 2.10. The number of rotatable bonds is 5. The Balaban J connectivity index is 4.11. The molecule has 0 saturated carbocycles. The lowest BCUT2D eigenvalue weighted by Gasteiger charge is -2.05. The summed E-state index contributed by atoms with van der Waals surface area (Å²) < 4.78 is 0. The van der Waals surface area contributed by atoms with Gasteiger partial charge in [-0.1, -0.05) is 6.58 Å². The summed E-state index contributed by atoms with van der Waals surface area (Å²) in [5, 5.41) is 3.24. The standard InChI is InChI=1S/C6H12N4OS/c1-2-4(9-10-8)3-5(7)6(11)12/h2,5,10H,1,3,7-8H2,(H,11,12)/b9-4+. The summed E-state index contributed by atoms with van der Waals surface area (Å²) in [5.74, 6) is 4.93. The first-order valence-electron chi connectivity index (χ1n) is 3.24. The average molecular weight is 188 g/mol. The van der Waals surface area contributed by atoms with Crippen LogP contribution in [0.4, 0.5) is 0 Å². The van der Waals surface area contributed by atoms with E-state index in [0.29, 0.717) is 5.71 Å². The fourth-order valence-corrected chi connectivity index (χ4v) is 0.661. The van der Waals surface area contributed by atoms with Crippen molar-refractivity contribution in [2.45, 2.75) is 12.5 Å². The summed E-state index contributed by atoms with van der Waals surface area (Å²) in [5.41, 5.74) is 8.01. The van der Waals surface area contributed by atoms with Gasteiger partial charge in [-0.25, -0.2) is 11.4 Å². The zero-order valence-electron chi connectivity index (χ0n) is 6.53. The molecule has 0 aliphatic rings. The van der Waals surface area contributed by atoms with Crippen LogP contribution >= 0.6 is 12.6 Å². The molecule has 0 fully saturated rings. The van der Waals surface area contributed by atoms with Crippen LogP contribution in [0.3, 0.4) is 0 Å². The number of nitrogens with one attached hydrogen (secondary N) is 1. The zero-order valence-corrected chi connectivity index (χ0v) is 7.42. The molecular formula is C6H12N4OS. The number of carbonyl (C=O) groups excluding carboxylic acids is 1. The Kier molecular flexibility index (Phi) is 5.35. The quantitative estimate of drug-likeness (QED) is 0.196. The first-order chi connectivity index (χ1) is 5.61. The largest absolute Gasteiger partial charge is 0.320 e. The van der Waals surface area contributed by atoms with E-state index < -0.39 is 6.04 Å². The molecule has 68 valence electrons. The molecular weight excluding hydrogens is 176 g/mol. The van der Waals surface area contributed by atoms with E-state index in [2.05, 4.69) is 29.8 Å². The summed E-state index contributed by atoms with van der Waals surface area (Å²) in [7, 11) is 0. The van der Waals surface area contributed by atoms with Crippen molar-refractivity contribution in [2.75, 3.05) is 0 Å². The topological polar surface area (TPSA) is 93.5 Å². The molecule has 0 aliphatic carbocycles. The predicted octanol–water partition coefficient (Wildman–Crippen LogP) is -0.834. The van der Waals surface area contributed by atoms with Crippen molar-refractivity contribution in [3.05, 3.63) is 12.7 Å². The second kappa shape index (κ2) is 5.76. The van der Waals surface area contributed by atoms with E-state index in [9.17, 15) is 4.79 Å². The molecule has 1 unspecified atom stereocenters. The zero-order chi connectivity index (χ0) is 9.56. The van der Waals surface area contributed by atoms with E-state index >= 15 is 0 Å². The van der Waals surface area contributed by atoms with Crippen molar-refractivity contribution < 1.29 is 4.79 Å². The molecule has 0 aromatic heterocycles. The number of hydrazine groups is 1. The first kappa shape index (κ1) is 11.2. The van der Waals surface area contributed by atoms with Crippen LogP contribution in [0, 0.1) is 0 Å². The molecule has 0 bridgehead atoms. The van der Waals surface area contributed by atoms with Gasteiger partial charge >= 0.3 is 0 Å². The Morgan fingerprint density at radius 2 is 2.42 bits per heavy atom. The second-order valence-electron chi connectivity index (χ2n) is 2.09. The molecule has 0 aromatic rings. The Morgan fingerprint density at radius 1 is 1.83 bits per heavy atom. The smallest absolute Gasteiger partial charge is 0.203 e. The lowest BCUT2D eigenvalue weighted by molar-refractivity contribution is -0.111. The van der Waals surface area contributed by atoms with Crippen molar-refractivity contribution in [1.82, 2.24) is 5.53 Å². The maximum atomic E-state index is 10.6. The van der Waals surface area contributed by atoms with E-state index in [1.165, 1.54) is 6.08 Å². The van der Waals surface area contributed by atoms with Gasteiger partial charge in [0.05, 0.1) is 11.8 Å². The summed E-state index contributed by atoms with van der Waals surface area (Å²) >= 11 is 3.57. The Hall–Kier alpha value is -0.850. The highest BCUT2D eigenvalue weighted by Crippen LogP contribution is 1.96. The monoisotopic (exact) mass is 188 g/mol. The van der Waals surface area contributed by atoms with Crippen LogP contribution in [0.1, 0.15) is 6.42 Å². The highest BCUT2D eigenvalue weighted by atomic mass is 32.1. The van der Waals surface area contributed by atoms with Gasteiger partial charge < -0.3 is 5.73 Å². The number of hydrazone groups is 1. The molecule has 0 saturated heterocycles. The van der Waals surface area contributed by atoms with E-state index in [0.717, 1.165) is 0 Å². The molecule has 0 radical (unpaired) electrons. The van der Waals surface area contributed by atoms with Gasteiger partial charge in [-0.15, -0.1) is 12.6 Å². The molecule has 0 heterocycles. The lowest BCUT2D eigenvalue weighted by atomic mass is 10.1. The summed E-state index contributed by atoms with van der Waals surface area (Å²) in [6.07, 6.45) is 1.74. The van der Waals surface area contributed by atoms with Gasteiger partial charge in [-0.05, 0) is 6.08 Å². The maximum Gasteiger partial charge on any atom is 0.203 e. The predicted molar refractivity (Wildman–Crippen MR) is 51.5 cm³/mol. The molecule has 0 rings (SSSR count). The Morgan fingerprint density at radius 3 is 2.75 bits per heavy atom. The van der Waals surface area contributed by atoms with Gasteiger partial charge in [0.1, 0.15) is 0 Å². The molecule has 1 atom stereocenters. The summed E-state index contributed by atoms with van der Waals surface area (Å²) in [6, 6.07) is -0.668. The first-order valence-corrected chi connectivity index (χ1v) is 3.69. The van der Waals surface area contributed by atoms with Crippen LogP contribution < -0.4 is 17.1 Å². The van der Waals surface area contributed by atoms with Crippen molar-refractivity contribution in [1.29, 1.82) is 0 Å². The van der Waals surface area contributed by atoms with Gasteiger partial charge in [-0.3, -0.25) is 4.79 Å². The van der Waals surface area contributed by atoms with Crippen LogP contribution in [-0.4, -0.2) is 16.9 Å². The number of hydrogen-bond acceptors (Lipinski definition) is 5. The van der Waals surface area contributed by atoms with E-state index in [1.807, 2.05) is 0 Å². The molecule has 0 aromatic carbocycles. The fourth-order valence-electron chi connectivity index (χ4n) is 0.570. The summed E-state index contributed by atoms with van der Waals surface area (Å²) in [6.45, 7) is 3.47. The normalized spacial score (nSPS) is 13.8. The van der Waals surface area contributed by atoms with Crippen LogP contribution in [0.25, 0.3) is 0 Å². The Labute approximate surface area is 76.3 Å². The number of carbonyl (C=O) groups is 1. The van der Waals surface area contributed by atoms with Crippen molar-refractivity contribution in [2.24, 2.45) is 16.7 Å². The van der Waals surface area contributed by atoms with Gasteiger partial charge in [0, 0.05) is 6.42 Å². The fraction of sp³-hybridized carbons (Fsp3) is 0.333. The number of thiol groups is 1. The van der Waals surface area contributed by atoms with Crippen molar-refractivity contribution in [3.8, 4) is 0 Å². The minimum atomic E-state index is -0.668. The number of nitrogens with two attached hydrogens (primary N) is 2. The molecule has 12 heavy (non-hydrogen) atoms. The average Bonchev–Trinajstić information content (AvgIpc) is 2.03. The van der Waals surface area contributed by atoms with Crippen molar-refractivity contribution >= 4 is 23.5 Å². The molecule has 6 heteroatoms. The lowest BCUT2D eigenvalue weighted by Crippen LogP contribution is -2.30. The third kappa shape index (κ3) is 4.12. The van der Waals surface area contributed by atoms with E-state index in [-0.39, 0.29) is 11.5 Å². The minimum Gasteiger partial charge on any atom is -0.320 e. The molecule has 5 N–H and O–H groups in total. The molecule has 0 aliphatic heterocycles. The summed E-state index contributed by atoms with van der Waals surface area (Å²) in [4.78, 5) is 10.6. The van der Waals surface area contributed by atoms with Crippen LogP contribution in [-0.2, 0) is 4.79 Å². The highest BCUT2D eigenvalue weighted by molar-refractivity contribution is 7.96. The minimum absolute atomic E-state index is 0.274. The second-order valence-corrected chi connectivity index (χ2v) is 2.53. The maximum absolute atomic E-state index is 10.6. The van der Waals surface area contributed by atoms with E-state index in [4.69, 9.17) is 11.6 Å². The van der Waals surface area contributed by atoms with Crippen LogP contribution in [0.2, 0.25) is 0 Å². The third-order valence-electron chi connectivity index (χ3n) is 1.19. The number of allylic oxidation sites excluding steroid dienone is 1. The Bertz CT molecular complexity index is 204. The van der Waals surface area contributed by atoms with E-state index in [1.54, 1.807) is 0 Å². The molecule has 5 nitrogen and oxygen atoms in total. The molecule has 0 amide bonds. The van der Waals surface area contributed by atoms with Gasteiger partial charge in [0.2, 0.25) is 5.12 Å². The third-order valence-corrected chi connectivity index (χ3v) is 1.52.